The van der Waals surface area contributed by atoms with Gasteiger partial charge in [-0.1, -0.05) is 23.7 Å². The zero-order chi connectivity index (χ0) is 22.2. The van der Waals surface area contributed by atoms with E-state index in [9.17, 15) is 14.7 Å². The van der Waals surface area contributed by atoms with Gasteiger partial charge in [0.05, 0.1) is 13.7 Å². The van der Waals surface area contributed by atoms with Crippen LogP contribution in [0.2, 0.25) is 5.02 Å². The molecule has 1 heterocycles. The van der Waals surface area contributed by atoms with Gasteiger partial charge in [-0.15, -0.1) is 0 Å². The second kappa shape index (κ2) is 8.03. The van der Waals surface area contributed by atoms with Crippen LogP contribution >= 0.6 is 11.6 Å². The fourth-order valence-corrected chi connectivity index (χ4v) is 3.71. The van der Waals surface area contributed by atoms with Crippen LogP contribution in [0.15, 0.2) is 47.3 Å². The van der Waals surface area contributed by atoms with Crippen molar-refractivity contribution in [2.45, 2.75) is 32.9 Å². The predicted octanol–water partition coefficient (Wildman–Crippen LogP) is 5.15. The molecule has 3 rings (SSSR count). The number of methoxy groups -OCH3 is 1. The molecule has 158 valence electrons. The summed E-state index contributed by atoms with van der Waals surface area (Å²) in [7, 11) is 3.26. The number of rotatable bonds is 4. The van der Waals surface area contributed by atoms with Crippen molar-refractivity contribution in [3.8, 4) is 16.9 Å². The summed E-state index contributed by atoms with van der Waals surface area (Å²) in [4.78, 5) is 26.4. The van der Waals surface area contributed by atoms with Gasteiger partial charge in [-0.3, -0.25) is 9.69 Å². The molecule has 7 heteroatoms. The lowest BCUT2D eigenvalue weighted by Gasteiger charge is -2.34. The smallest absolute Gasteiger partial charge is 0.408 e. The molecule has 0 aliphatic rings. The molecule has 0 fully saturated rings. The molecule has 0 saturated heterocycles. The summed E-state index contributed by atoms with van der Waals surface area (Å²) in [6.07, 6.45) is -1.05. The fraction of sp³-hybridized carbons (Fsp3) is 0.304. The average molecular weight is 429 g/mol. The highest BCUT2D eigenvalue weighted by molar-refractivity contribution is 6.31. The van der Waals surface area contributed by atoms with Crippen LogP contribution in [0.4, 0.5) is 4.79 Å². The number of pyridine rings is 1. The molecular weight excluding hydrogens is 404 g/mol. The molecule has 1 amide bonds. The van der Waals surface area contributed by atoms with Crippen LogP contribution in [0, 0.1) is 0 Å². The first kappa shape index (κ1) is 21.7. The normalized spacial score (nSPS) is 11.5. The number of aromatic nitrogens is 1. The Balaban J connectivity index is 2.38. The van der Waals surface area contributed by atoms with Gasteiger partial charge in [-0.2, -0.15) is 0 Å². The third-order valence-electron chi connectivity index (χ3n) is 5.21. The number of carboxylic acid groups (broad SMARTS) is 1. The maximum Gasteiger partial charge on any atom is 0.408 e. The molecule has 0 spiro atoms. The first-order valence-corrected chi connectivity index (χ1v) is 9.88. The summed E-state index contributed by atoms with van der Waals surface area (Å²) in [5, 5.41) is 11.5. The zero-order valence-corrected chi connectivity index (χ0v) is 18.4. The molecule has 1 N–H and O–H groups in total. The minimum Gasteiger partial charge on any atom is -0.497 e. The monoisotopic (exact) mass is 428 g/mol. The van der Waals surface area contributed by atoms with Crippen LogP contribution in [-0.2, 0) is 13.6 Å². The Morgan fingerprint density at radius 2 is 1.77 bits per heavy atom. The van der Waals surface area contributed by atoms with Crippen molar-refractivity contribution in [1.82, 2.24) is 9.47 Å². The Hall–Kier alpha value is -2.99. The molecule has 0 atom stereocenters. The van der Waals surface area contributed by atoms with Crippen molar-refractivity contribution in [2.75, 3.05) is 7.11 Å². The van der Waals surface area contributed by atoms with E-state index in [0.717, 1.165) is 11.1 Å². The van der Waals surface area contributed by atoms with Crippen molar-refractivity contribution in [3.05, 3.63) is 63.5 Å². The number of ether oxygens (including phenoxy) is 1. The second-order valence-corrected chi connectivity index (χ2v) is 8.58. The van der Waals surface area contributed by atoms with Gasteiger partial charge in [-0.25, -0.2) is 4.79 Å². The lowest BCUT2D eigenvalue weighted by atomic mass is 9.95. The molecule has 0 bridgehead atoms. The van der Waals surface area contributed by atoms with Crippen molar-refractivity contribution in [1.29, 1.82) is 0 Å². The third-order valence-corrected chi connectivity index (χ3v) is 5.44. The average Bonchev–Trinajstić information content (AvgIpc) is 2.68. The highest BCUT2D eigenvalue weighted by Gasteiger charge is 2.29. The molecule has 2 aromatic carbocycles. The first-order chi connectivity index (χ1) is 14.0. The number of hydrogen-bond acceptors (Lipinski definition) is 3. The van der Waals surface area contributed by atoms with E-state index in [4.69, 9.17) is 16.3 Å². The fourth-order valence-electron chi connectivity index (χ4n) is 3.54. The van der Waals surface area contributed by atoms with Crippen molar-refractivity contribution in [2.24, 2.45) is 7.05 Å². The van der Waals surface area contributed by atoms with E-state index in [1.165, 1.54) is 9.47 Å². The Morgan fingerprint density at radius 1 is 1.13 bits per heavy atom. The second-order valence-electron chi connectivity index (χ2n) is 8.14. The molecule has 0 unspecified atom stereocenters. The maximum absolute atomic E-state index is 13.1. The highest BCUT2D eigenvalue weighted by Crippen LogP contribution is 2.34. The number of halogens is 1. The summed E-state index contributed by atoms with van der Waals surface area (Å²) in [6, 6.07) is 12.6. The van der Waals surface area contributed by atoms with Crippen LogP contribution in [0.25, 0.3) is 21.9 Å². The molecule has 0 radical (unpaired) electrons. The lowest BCUT2D eigenvalue weighted by molar-refractivity contribution is 0.0941. The van der Waals surface area contributed by atoms with E-state index in [2.05, 4.69) is 0 Å². The Kier molecular flexibility index (Phi) is 5.81. The Labute approximate surface area is 180 Å². The van der Waals surface area contributed by atoms with Gasteiger partial charge >= 0.3 is 6.09 Å². The number of amides is 1. The standard InChI is InChI=1S/C23H25ClN2O4/c1-23(2,3)26(22(28)29)13-19-20(14-6-9-16(30-5)10-7-14)18-12-15(24)8-11-17(18)21(27)25(19)4/h6-12H,13H2,1-5H3,(H,28,29). The van der Waals surface area contributed by atoms with Gasteiger partial charge in [0.2, 0.25) is 0 Å². The van der Waals surface area contributed by atoms with Gasteiger partial charge in [0, 0.05) is 34.3 Å². The minimum atomic E-state index is -1.05. The molecular formula is C23H25ClN2O4. The van der Waals surface area contributed by atoms with E-state index < -0.39 is 11.6 Å². The van der Waals surface area contributed by atoms with E-state index in [1.807, 2.05) is 45.0 Å². The zero-order valence-electron chi connectivity index (χ0n) is 17.7. The summed E-state index contributed by atoms with van der Waals surface area (Å²) >= 11 is 6.27. The van der Waals surface area contributed by atoms with E-state index in [1.54, 1.807) is 32.4 Å². The number of hydrogen-bond donors (Lipinski definition) is 1. The minimum absolute atomic E-state index is 0.0500. The Morgan fingerprint density at radius 3 is 2.30 bits per heavy atom. The maximum atomic E-state index is 13.1. The van der Waals surface area contributed by atoms with Gasteiger partial charge in [0.25, 0.3) is 5.56 Å². The molecule has 0 aliphatic heterocycles. The summed E-state index contributed by atoms with van der Waals surface area (Å²) < 4.78 is 6.79. The third kappa shape index (κ3) is 4.00. The van der Waals surface area contributed by atoms with Crippen LogP contribution in [-0.4, -0.2) is 33.3 Å². The first-order valence-electron chi connectivity index (χ1n) is 9.50. The van der Waals surface area contributed by atoms with Crippen molar-refractivity contribution in [3.63, 3.8) is 0 Å². The number of nitrogens with zero attached hydrogens (tertiary/aromatic N) is 2. The summed E-state index contributed by atoms with van der Waals surface area (Å²) in [5.41, 5.74) is 1.36. The van der Waals surface area contributed by atoms with E-state index >= 15 is 0 Å². The lowest BCUT2D eigenvalue weighted by Crippen LogP contribution is -2.45. The van der Waals surface area contributed by atoms with E-state index in [0.29, 0.717) is 27.2 Å². The van der Waals surface area contributed by atoms with E-state index in [-0.39, 0.29) is 12.1 Å². The number of carbonyl (C=O) groups is 1. The van der Waals surface area contributed by atoms with Crippen LogP contribution < -0.4 is 10.3 Å². The topological polar surface area (TPSA) is 71.8 Å². The highest BCUT2D eigenvalue weighted by atomic mass is 35.5. The van der Waals surface area contributed by atoms with Crippen molar-refractivity contribution < 1.29 is 14.6 Å². The molecule has 1 aromatic heterocycles. The summed E-state index contributed by atoms with van der Waals surface area (Å²) in [5.74, 6) is 0.703. The largest absolute Gasteiger partial charge is 0.497 e. The van der Waals surface area contributed by atoms with Gasteiger partial charge < -0.3 is 14.4 Å². The Bertz CT molecular complexity index is 1160. The molecule has 6 nitrogen and oxygen atoms in total. The predicted molar refractivity (Wildman–Crippen MR) is 120 cm³/mol. The molecule has 3 aromatic rings. The van der Waals surface area contributed by atoms with Gasteiger partial charge in [-0.05, 0) is 62.1 Å². The van der Waals surface area contributed by atoms with Gasteiger partial charge in [0.15, 0.2) is 0 Å². The summed E-state index contributed by atoms with van der Waals surface area (Å²) in [6.45, 7) is 5.52. The SMILES string of the molecule is COc1ccc(-c2c(CN(C(=O)O)C(C)(C)C)n(C)c(=O)c3ccc(Cl)cc23)cc1. The van der Waals surface area contributed by atoms with Crippen molar-refractivity contribution >= 4 is 28.5 Å². The number of fused-ring (bicyclic) bond motifs is 1. The molecule has 0 saturated carbocycles. The van der Waals surface area contributed by atoms with Crippen LogP contribution in [0.3, 0.4) is 0 Å². The molecule has 0 aliphatic carbocycles. The number of benzene rings is 2. The van der Waals surface area contributed by atoms with Crippen LogP contribution in [0.5, 0.6) is 5.75 Å². The van der Waals surface area contributed by atoms with Crippen LogP contribution in [0.1, 0.15) is 26.5 Å². The molecule has 30 heavy (non-hydrogen) atoms. The van der Waals surface area contributed by atoms with Gasteiger partial charge in [0.1, 0.15) is 5.75 Å². The quantitative estimate of drug-likeness (QED) is 0.624.